The fourth-order valence-corrected chi connectivity index (χ4v) is 1.28. The van der Waals surface area contributed by atoms with Gasteiger partial charge in [-0.15, -0.1) is 0 Å². The van der Waals surface area contributed by atoms with E-state index in [9.17, 15) is 9.59 Å². The molecule has 1 aromatic carbocycles. The fraction of sp³-hybridized carbons (Fsp3) is 0.333. The lowest BCUT2D eigenvalue weighted by Gasteiger charge is -2.10. The maximum absolute atomic E-state index is 11.7. The van der Waals surface area contributed by atoms with E-state index in [1.165, 1.54) is 12.1 Å². The molecule has 8 heteroatoms. The first-order valence-electron chi connectivity index (χ1n) is 5.65. The molecule has 0 unspecified atom stereocenters. The summed E-state index contributed by atoms with van der Waals surface area (Å²) in [6.45, 7) is -0.918. The van der Waals surface area contributed by atoms with Gasteiger partial charge in [0, 0.05) is 0 Å². The summed E-state index contributed by atoms with van der Waals surface area (Å²) in [7, 11) is 0. The third kappa shape index (κ3) is 4.50. The topological polar surface area (TPSA) is 123 Å². The van der Waals surface area contributed by atoms with Gasteiger partial charge in [-0.05, 0) is 18.2 Å². The van der Waals surface area contributed by atoms with Crippen molar-refractivity contribution in [1.29, 1.82) is 0 Å². The minimum absolute atomic E-state index is 0.0449. The second kappa shape index (κ2) is 8.10. The Kier molecular flexibility index (Phi) is 6.44. The molecule has 0 radical (unpaired) electrons. The number of carbonyl (C=O) groups excluding carboxylic acids is 1. The molecule has 8 nitrogen and oxygen atoms in total. The molecular weight excluding hydrogens is 272 g/mol. The van der Waals surface area contributed by atoms with Gasteiger partial charge in [-0.3, -0.25) is 4.89 Å². The van der Waals surface area contributed by atoms with Crippen LogP contribution >= 0.6 is 0 Å². The Bertz CT molecular complexity index is 471. The summed E-state index contributed by atoms with van der Waals surface area (Å²) >= 11 is 0. The minimum Gasteiger partial charge on any atom is -0.490 e. The summed E-state index contributed by atoms with van der Waals surface area (Å²) < 4.78 is 5.09. The average molecular weight is 286 g/mol. The highest BCUT2D eigenvalue weighted by atomic mass is 17.2. The first-order chi connectivity index (χ1) is 9.60. The molecule has 0 fully saturated rings. The molecule has 0 atom stereocenters. The Morgan fingerprint density at radius 1 is 1.10 bits per heavy atom. The number of rotatable bonds is 8. The van der Waals surface area contributed by atoms with Crippen LogP contribution in [0, 0.1) is 0 Å². The highest BCUT2D eigenvalue weighted by Gasteiger charge is 2.17. The Morgan fingerprint density at radius 2 is 1.80 bits per heavy atom. The molecule has 110 valence electrons. The number of hydrogen-bond donors (Lipinski definition) is 3. The van der Waals surface area contributed by atoms with E-state index in [0.29, 0.717) is 0 Å². The van der Waals surface area contributed by atoms with Crippen LogP contribution in [0.25, 0.3) is 0 Å². The molecule has 0 heterocycles. The van der Waals surface area contributed by atoms with E-state index in [1.54, 1.807) is 0 Å². The minimum atomic E-state index is -1.18. The molecule has 0 spiro atoms. The third-order valence-corrected chi connectivity index (χ3v) is 2.11. The van der Waals surface area contributed by atoms with Crippen LogP contribution in [-0.2, 0) is 9.78 Å². The van der Waals surface area contributed by atoms with E-state index < -0.39 is 11.9 Å². The molecular formula is C12H14O8. The number of hydrogen-bond acceptors (Lipinski definition) is 7. The highest BCUT2D eigenvalue weighted by molar-refractivity contribution is 5.95. The summed E-state index contributed by atoms with van der Waals surface area (Å²) in [5.41, 5.74) is -0.132. The normalized spacial score (nSPS) is 10.1. The Labute approximate surface area is 114 Å². The molecule has 0 bridgehead atoms. The number of carboxylic acid groups (broad SMARTS) is 1. The fourth-order valence-electron chi connectivity index (χ4n) is 1.28. The lowest BCUT2D eigenvalue weighted by atomic mass is 10.1. The second-order valence-corrected chi connectivity index (χ2v) is 3.50. The third-order valence-electron chi connectivity index (χ3n) is 2.11. The maximum Gasteiger partial charge on any atom is 0.376 e. The number of benzene rings is 1. The lowest BCUT2D eigenvalue weighted by Crippen LogP contribution is -2.12. The first-order valence-corrected chi connectivity index (χ1v) is 5.65. The van der Waals surface area contributed by atoms with E-state index >= 15 is 0 Å². The van der Waals surface area contributed by atoms with Gasteiger partial charge in [0.1, 0.15) is 24.5 Å². The highest BCUT2D eigenvalue weighted by Crippen LogP contribution is 2.22. The standard InChI is InChI=1S/C12H14O8/c13-3-5-18-10-7-8(11(15)16)1-2-9(10)12(17)20-19-6-4-14/h1-2,7,13-14H,3-6H2,(H,15,16). The SMILES string of the molecule is O=C(O)c1ccc(C(=O)OOCCO)c(OCCO)c1. The van der Waals surface area contributed by atoms with E-state index in [1.807, 2.05) is 0 Å². The van der Waals surface area contributed by atoms with Crippen LogP contribution in [0.4, 0.5) is 0 Å². The molecule has 20 heavy (non-hydrogen) atoms. The molecule has 1 rings (SSSR count). The van der Waals surface area contributed by atoms with E-state index in [4.69, 9.17) is 20.1 Å². The summed E-state index contributed by atoms with van der Waals surface area (Å²) in [5, 5.41) is 26.0. The van der Waals surface area contributed by atoms with Crippen LogP contribution in [0.1, 0.15) is 20.7 Å². The summed E-state index contributed by atoms with van der Waals surface area (Å²) in [6, 6.07) is 3.55. The van der Waals surface area contributed by atoms with Crippen molar-refractivity contribution < 1.29 is 39.4 Å². The number of aliphatic hydroxyl groups excluding tert-OH is 2. The van der Waals surface area contributed by atoms with E-state index in [2.05, 4.69) is 9.78 Å². The van der Waals surface area contributed by atoms with Gasteiger partial charge in [-0.25, -0.2) is 9.59 Å². The van der Waals surface area contributed by atoms with Crippen molar-refractivity contribution in [2.45, 2.75) is 0 Å². The molecule has 0 aliphatic heterocycles. The summed E-state index contributed by atoms with van der Waals surface area (Å²) in [5.74, 6) is -2.13. The van der Waals surface area contributed by atoms with Crippen LogP contribution in [0.3, 0.4) is 0 Å². The molecule has 0 aliphatic carbocycles. The van der Waals surface area contributed by atoms with Gasteiger partial charge in [-0.1, -0.05) is 0 Å². The quantitative estimate of drug-likeness (QED) is 0.342. The smallest absolute Gasteiger partial charge is 0.376 e. The largest absolute Gasteiger partial charge is 0.490 e. The zero-order chi connectivity index (χ0) is 15.0. The van der Waals surface area contributed by atoms with Crippen molar-refractivity contribution in [3.8, 4) is 5.75 Å². The van der Waals surface area contributed by atoms with Gasteiger partial charge in [0.15, 0.2) is 0 Å². The Balaban J connectivity index is 2.92. The zero-order valence-corrected chi connectivity index (χ0v) is 10.4. The molecule has 0 aromatic heterocycles. The van der Waals surface area contributed by atoms with Crippen molar-refractivity contribution in [3.63, 3.8) is 0 Å². The van der Waals surface area contributed by atoms with Gasteiger partial charge in [0.05, 0.1) is 18.8 Å². The Morgan fingerprint density at radius 3 is 2.40 bits per heavy atom. The second-order valence-electron chi connectivity index (χ2n) is 3.50. The molecule has 0 saturated heterocycles. The van der Waals surface area contributed by atoms with Gasteiger partial charge in [0.25, 0.3) is 0 Å². The molecule has 1 aromatic rings. The monoisotopic (exact) mass is 286 g/mol. The molecule has 0 saturated carbocycles. The van der Waals surface area contributed by atoms with Crippen molar-refractivity contribution in [2.75, 3.05) is 26.4 Å². The number of ether oxygens (including phenoxy) is 1. The van der Waals surface area contributed by atoms with E-state index in [0.717, 1.165) is 6.07 Å². The van der Waals surface area contributed by atoms with E-state index in [-0.39, 0.29) is 43.3 Å². The van der Waals surface area contributed by atoms with Gasteiger partial charge >= 0.3 is 11.9 Å². The summed E-state index contributed by atoms with van der Waals surface area (Å²) in [4.78, 5) is 31.3. The Hall–Kier alpha value is -2.16. The molecule has 0 aliphatic rings. The van der Waals surface area contributed by atoms with Crippen molar-refractivity contribution in [2.24, 2.45) is 0 Å². The van der Waals surface area contributed by atoms with Crippen LogP contribution in [-0.4, -0.2) is 53.7 Å². The molecule has 0 amide bonds. The predicted octanol–water partition coefficient (Wildman–Crippen LogP) is -0.163. The predicted molar refractivity (Wildman–Crippen MR) is 64.4 cm³/mol. The number of aliphatic hydroxyl groups is 2. The summed E-state index contributed by atoms with van der Waals surface area (Å²) in [6.07, 6.45) is 0. The maximum atomic E-state index is 11.7. The van der Waals surface area contributed by atoms with Crippen LogP contribution in [0.5, 0.6) is 5.75 Å². The average Bonchev–Trinajstić information content (AvgIpc) is 2.44. The van der Waals surface area contributed by atoms with Crippen LogP contribution < -0.4 is 4.74 Å². The first kappa shape index (κ1) is 15.9. The molecule has 3 N–H and O–H groups in total. The zero-order valence-electron chi connectivity index (χ0n) is 10.4. The van der Waals surface area contributed by atoms with Gasteiger partial charge in [0.2, 0.25) is 0 Å². The van der Waals surface area contributed by atoms with Gasteiger partial charge < -0.3 is 20.1 Å². The van der Waals surface area contributed by atoms with Crippen LogP contribution in [0.15, 0.2) is 18.2 Å². The van der Waals surface area contributed by atoms with Crippen LogP contribution in [0.2, 0.25) is 0 Å². The van der Waals surface area contributed by atoms with Gasteiger partial charge in [-0.2, -0.15) is 4.89 Å². The van der Waals surface area contributed by atoms with Crippen molar-refractivity contribution in [3.05, 3.63) is 29.3 Å². The number of aromatic carboxylic acids is 1. The van der Waals surface area contributed by atoms with Crippen molar-refractivity contribution >= 4 is 11.9 Å². The number of carboxylic acids is 1. The lowest BCUT2D eigenvalue weighted by molar-refractivity contribution is -0.245. The van der Waals surface area contributed by atoms with Crippen molar-refractivity contribution in [1.82, 2.24) is 0 Å². The number of carbonyl (C=O) groups is 2.